The molecule has 0 amide bonds. The molecule has 0 unspecified atom stereocenters. The minimum atomic E-state index is 0.521. The average Bonchev–Trinajstić information content (AvgIpc) is 2.52. The van der Waals surface area contributed by atoms with Crippen molar-refractivity contribution in [3.05, 3.63) is 0 Å². The molecule has 0 bridgehead atoms. The molecular formula is C2H2S6. The Morgan fingerprint density at radius 1 is 0.875 bits per heavy atom. The van der Waals surface area contributed by atoms with Crippen LogP contribution in [-0.2, 0) is 0 Å². The molecule has 2 aliphatic rings. The SMILES string of the molecule is C1SSC2(SS1)SS2. The van der Waals surface area contributed by atoms with E-state index in [0.29, 0.717) is 2.74 Å². The van der Waals surface area contributed by atoms with Gasteiger partial charge in [0.15, 0.2) is 2.74 Å². The van der Waals surface area contributed by atoms with E-state index in [1.54, 1.807) is 0 Å². The van der Waals surface area contributed by atoms with Gasteiger partial charge in [0.25, 0.3) is 0 Å². The average molecular weight is 218 g/mol. The monoisotopic (exact) mass is 218 g/mol. The van der Waals surface area contributed by atoms with Crippen molar-refractivity contribution in [1.29, 1.82) is 0 Å². The highest BCUT2D eigenvalue weighted by Crippen LogP contribution is 2.83. The Hall–Kier alpha value is 2.10. The molecule has 0 saturated carbocycles. The zero-order valence-electron chi connectivity index (χ0n) is 3.66. The van der Waals surface area contributed by atoms with Gasteiger partial charge in [-0.15, -0.1) is 0 Å². The van der Waals surface area contributed by atoms with Gasteiger partial charge in [0, 0.05) is 0 Å². The molecule has 0 aromatic carbocycles. The van der Waals surface area contributed by atoms with Crippen molar-refractivity contribution in [3.8, 4) is 0 Å². The van der Waals surface area contributed by atoms with E-state index in [1.165, 1.54) is 5.08 Å². The Bertz CT molecular complexity index is 88.7. The molecule has 0 aliphatic carbocycles. The Labute approximate surface area is 72.0 Å². The van der Waals surface area contributed by atoms with Crippen LogP contribution in [0.3, 0.4) is 0 Å². The van der Waals surface area contributed by atoms with Crippen LogP contribution in [0.15, 0.2) is 0 Å². The molecule has 2 rings (SSSR count). The van der Waals surface area contributed by atoms with Gasteiger partial charge in [0.2, 0.25) is 0 Å². The smallest absolute Gasteiger partial charge is 0.0790 e. The second kappa shape index (κ2) is 2.62. The van der Waals surface area contributed by atoms with E-state index in [0.717, 1.165) is 0 Å². The molecule has 2 fully saturated rings. The van der Waals surface area contributed by atoms with Gasteiger partial charge in [-0.1, -0.05) is 43.2 Å². The molecule has 6 heteroatoms. The lowest BCUT2D eigenvalue weighted by Crippen LogP contribution is -1.89. The van der Waals surface area contributed by atoms with Crippen LogP contribution in [-0.4, -0.2) is 7.83 Å². The molecule has 0 nitrogen and oxygen atoms in total. The maximum atomic E-state index is 2.02. The van der Waals surface area contributed by atoms with Gasteiger partial charge in [0.1, 0.15) is 0 Å². The fraction of sp³-hybridized carbons (Fsp3) is 1.00. The Morgan fingerprint density at radius 3 is 1.88 bits per heavy atom. The van der Waals surface area contributed by atoms with Crippen LogP contribution in [0.25, 0.3) is 0 Å². The minimum absolute atomic E-state index is 0.521. The second-order valence-electron chi connectivity index (χ2n) is 1.19. The van der Waals surface area contributed by atoms with E-state index in [-0.39, 0.29) is 0 Å². The predicted molar refractivity (Wildman–Crippen MR) is 53.1 cm³/mol. The van der Waals surface area contributed by atoms with E-state index in [4.69, 9.17) is 0 Å². The van der Waals surface area contributed by atoms with Gasteiger partial charge < -0.3 is 0 Å². The van der Waals surface area contributed by atoms with E-state index in [1.807, 2.05) is 64.8 Å². The molecule has 1 spiro atoms. The summed E-state index contributed by atoms with van der Waals surface area (Å²) in [6, 6.07) is 0. The van der Waals surface area contributed by atoms with Gasteiger partial charge in [0.05, 0.1) is 5.08 Å². The fourth-order valence-electron chi connectivity index (χ4n) is 0.316. The summed E-state index contributed by atoms with van der Waals surface area (Å²) in [6.45, 7) is 0. The van der Waals surface area contributed by atoms with Crippen LogP contribution in [0.2, 0.25) is 0 Å². The number of rotatable bonds is 0. The maximum Gasteiger partial charge on any atom is 0.192 e. The summed E-state index contributed by atoms with van der Waals surface area (Å²) >= 11 is 0. The first-order valence-corrected chi connectivity index (χ1v) is 8.68. The first-order valence-electron chi connectivity index (χ1n) is 1.89. The minimum Gasteiger partial charge on any atom is -0.0790 e. The highest BCUT2D eigenvalue weighted by molar-refractivity contribution is 9.14. The molecule has 0 aromatic rings. The first-order chi connectivity index (χ1) is 3.91. The standard InChI is InChI=1S/C2H2S6/c1-3-5-2(6-4-1)7-8-2/h1H2. The lowest BCUT2D eigenvalue weighted by Gasteiger charge is -2.13. The summed E-state index contributed by atoms with van der Waals surface area (Å²) < 4.78 is 0.521. The Balaban J connectivity index is 1.95. The molecule has 0 aromatic heterocycles. The third kappa shape index (κ3) is 1.40. The summed E-state index contributed by atoms with van der Waals surface area (Å²) in [4.78, 5) is 0. The molecule has 2 heterocycles. The topological polar surface area (TPSA) is 0 Å². The van der Waals surface area contributed by atoms with Gasteiger partial charge >= 0.3 is 0 Å². The summed E-state index contributed by atoms with van der Waals surface area (Å²) in [5.74, 6) is 0. The summed E-state index contributed by atoms with van der Waals surface area (Å²) in [5.41, 5.74) is 0. The normalized spacial score (nSPS) is 33.0. The predicted octanol–water partition coefficient (Wildman–Crippen LogP) is 3.73. The molecule has 0 N–H and O–H groups in total. The fourth-order valence-corrected chi connectivity index (χ4v) is 13.3. The number of hydrogen-bond acceptors (Lipinski definition) is 6. The van der Waals surface area contributed by atoms with Crippen molar-refractivity contribution < 1.29 is 0 Å². The molecule has 46 valence electrons. The van der Waals surface area contributed by atoms with E-state index in [9.17, 15) is 0 Å². The van der Waals surface area contributed by atoms with Crippen LogP contribution < -0.4 is 0 Å². The lowest BCUT2D eigenvalue weighted by molar-refractivity contribution is 2.04. The zero-order valence-corrected chi connectivity index (χ0v) is 8.56. The molecule has 8 heavy (non-hydrogen) atoms. The summed E-state index contributed by atoms with van der Waals surface area (Å²) in [7, 11) is 12.0. The molecular weight excluding hydrogens is 216 g/mol. The van der Waals surface area contributed by atoms with Gasteiger partial charge in [-0.25, -0.2) is 0 Å². The van der Waals surface area contributed by atoms with Crippen LogP contribution in [0.5, 0.6) is 0 Å². The highest BCUT2D eigenvalue weighted by atomic mass is 33.2. The number of hydrogen-bond donors (Lipinski definition) is 0. The van der Waals surface area contributed by atoms with Crippen LogP contribution >= 0.6 is 64.8 Å². The molecule has 2 aliphatic heterocycles. The molecule has 2 saturated heterocycles. The van der Waals surface area contributed by atoms with Gasteiger partial charge in [-0.2, -0.15) is 0 Å². The van der Waals surface area contributed by atoms with Crippen LogP contribution in [0.4, 0.5) is 0 Å². The van der Waals surface area contributed by atoms with Crippen molar-refractivity contribution in [3.63, 3.8) is 0 Å². The quantitative estimate of drug-likeness (QED) is 0.446. The second-order valence-corrected chi connectivity index (χ2v) is 10.7. The third-order valence-corrected chi connectivity index (χ3v) is 13.6. The van der Waals surface area contributed by atoms with Crippen molar-refractivity contribution in [2.24, 2.45) is 0 Å². The van der Waals surface area contributed by atoms with E-state index < -0.39 is 0 Å². The lowest BCUT2D eigenvalue weighted by atomic mass is 11.8. The van der Waals surface area contributed by atoms with Crippen molar-refractivity contribution in [1.82, 2.24) is 0 Å². The van der Waals surface area contributed by atoms with Gasteiger partial charge in [-0.3, -0.25) is 0 Å². The largest absolute Gasteiger partial charge is 0.192 e. The molecule has 0 atom stereocenters. The maximum absolute atomic E-state index is 2.02. The van der Waals surface area contributed by atoms with Crippen molar-refractivity contribution in [2.75, 3.05) is 5.08 Å². The van der Waals surface area contributed by atoms with E-state index >= 15 is 0 Å². The highest BCUT2D eigenvalue weighted by Gasteiger charge is 2.50. The molecule has 0 radical (unpaired) electrons. The van der Waals surface area contributed by atoms with Gasteiger partial charge in [-0.05, 0) is 21.6 Å². The Morgan fingerprint density at radius 2 is 1.50 bits per heavy atom. The first kappa shape index (κ1) is 6.79. The van der Waals surface area contributed by atoms with Crippen molar-refractivity contribution >= 4 is 64.8 Å². The zero-order chi connectivity index (χ0) is 5.45. The van der Waals surface area contributed by atoms with Crippen LogP contribution in [0.1, 0.15) is 0 Å². The van der Waals surface area contributed by atoms with Crippen molar-refractivity contribution in [2.45, 2.75) is 2.74 Å². The Kier molecular flexibility index (Phi) is 2.22. The van der Waals surface area contributed by atoms with Crippen LogP contribution in [0, 0.1) is 0 Å². The summed E-state index contributed by atoms with van der Waals surface area (Å²) in [5, 5.41) is 1.25. The summed E-state index contributed by atoms with van der Waals surface area (Å²) in [6.07, 6.45) is 0. The van der Waals surface area contributed by atoms with E-state index in [2.05, 4.69) is 0 Å². The third-order valence-electron chi connectivity index (χ3n) is 0.638.